The third-order valence-electron chi connectivity index (χ3n) is 1.92. The molecule has 0 spiro atoms. The molecule has 0 bridgehead atoms. The monoisotopic (exact) mass is 329 g/mol. The van der Waals surface area contributed by atoms with Crippen LogP contribution in [0.5, 0.6) is 0 Å². The molecule has 1 aromatic carbocycles. The highest BCUT2D eigenvalue weighted by atomic mass is 79.9. The zero-order chi connectivity index (χ0) is 13.5. The highest BCUT2D eigenvalue weighted by Gasteiger charge is 2.10. The SMILES string of the molecule is N#Cc1ccc(Br)cc1NC(=O)NC(=O)CCCl. The standard InChI is InChI=1S/C11H9BrClN3O2/c12-8-2-1-7(6-14)9(5-8)15-11(18)16-10(17)3-4-13/h1-2,5H,3-4H2,(H2,15,16,17,18). The van der Waals surface area contributed by atoms with Gasteiger partial charge in [0.1, 0.15) is 6.07 Å². The number of urea groups is 1. The summed E-state index contributed by atoms with van der Waals surface area (Å²) in [4.78, 5) is 22.6. The maximum atomic E-state index is 11.5. The Labute approximate surface area is 117 Å². The van der Waals surface area contributed by atoms with Crippen molar-refractivity contribution in [2.45, 2.75) is 6.42 Å². The highest BCUT2D eigenvalue weighted by Crippen LogP contribution is 2.20. The number of hydrogen-bond donors (Lipinski definition) is 2. The van der Waals surface area contributed by atoms with Crippen LogP contribution in [0.4, 0.5) is 10.5 Å². The molecule has 0 heterocycles. The molecular weight excluding hydrogens is 321 g/mol. The first-order chi connectivity index (χ1) is 8.56. The number of anilines is 1. The van der Waals surface area contributed by atoms with E-state index in [9.17, 15) is 9.59 Å². The van der Waals surface area contributed by atoms with Crippen molar-refractivity contribution in [3.63, 3.8) is 0 Å². The van der Waals surface area contributed by atoms with Crippen molar-refractivity contribution in [2.75, 3.05) is 11.2 Å². The maximum absolute atomic E-state index is 11.5. The molecule has 1 rings (SSSR count). The molecule has 0 saturated heterocycles. The van der Waals surface area contributed by atoms with Crippen LogP contribution in [0.2, 0.25) is 0 Å². The van der Waals surface area contributed by atoms with E-state index >= 15 is 0 Å². The van der Waals surface area contributed by atoms with Crippen LogP contribution in [0.25, 0.3) is 0 Å². The number of alkyl halides is 1. The van der Waals surface area contributed by atoms with Gasteiger partial charge in [0.25, 0.3) is 0 Å². The summed E-state index contributed by atoms with van der Waals surface area (Å²) in [5.74, 6) is -0.338. The third kappa shape index (κ3) is 4.35. The molecular formula is C11H9BrClN3O2. The Morgan fingerprint density at radius 2 is 2.17 bits per heavy atom. The fraction of sp³-hybridized carbons (Fsp3) is 0.182. The Kier molecular flexibility index (Phi) is 5.62. The minimum absolute atomic E-state index is 0.0541. The average molecular weight is 331 g/mol. The molecule has 0 aliphatic heterocycles. The van der Waals surface area contributed by atoms with E-state index in [4.69, 9.17) is 16.9 Å². The molecule has 0 radical (unpaired) electrons. The van der Waals surface area contributed by atoms with Gasteiger partial charge >= 0.3 is 6.03 Å². The van der Waals surface area contributed by atoms with E-state index < -0.39 is 11.9 Å². The lowest BCUT2D eigenvalue weighted by molar-refractivity contribution is -0.119. The van der Waals surface area contributed by atoms with Crippen LogP contribution in [0.1, 0.15) is 12.0 Å². The predicted molar refractivity (Wildman–Crippen MR) is 71.4 cm³/mol. The lowest BCUT2D eigenvalue weighted by Gasteiger charge is -2.08. The number of carbonyl (C=O) groups is 2. The number of imide groups is 1. The van der Waals surface area contributed by atoms with E-state index in [1.165, 1.54) is 0 Å². The van der Waals surface area contributed by atoms with Crippen molar-refractivity contribution < 1.29 is 9.59 Å². The van der Waals surface area contributed by atoms with Gasteiger partial charge in [-0.25, -0.2) is 4.79 Å². The van der Waals surface area contributed by atoms with Gasteiger partial charge in [0.15, 0.2) is 0 Å². The second kappa shape index (κ2) is 6.99. The Morgan fingerprint density at radius 1 is 1.44 bits per heavy atom. The molecule has 0 aromatic heterocycles. The molecule has 7 heteroatoms. The normalized spacial score (nSPS) is 9.39. The van der Waals surface area contributed by atoms with Gasteiger partial charge in [0, 0.05) is 16.8 Å². The molecule has 0 saturated carbocycles. The van der Waals surface area contributed by atoms with Crippen molar-refractivity contribution in [1.29, 1.82) is 5.26 Å². The van der Waals surface area contributed by atoms with Crippen molar-refractivity contribution in [2.24, 2.45) is 0 Å². The van der Waals surface area contributed by atoms with E-state index in [1.54, 1.807) is 18.2 Å². The van der Waals surface area contributed by atoms with Crippen LogP contribution >= 0.6 is 27.5 Å². The molecule has 0 unspecified atom stereocenters. The van der Waals surface area contributed by atoms with Crippen LogP contribution in [-0.4, -0.2) is 17.8 Å². The van der Waals surface area contributed by atoms with E-state index in [-0.39, 0.29) is 12.3 Å². The summed E-state index contributed by atoms with van der Waals surface area (Å²) < 4.78 is 0.712. The molecule has 2 N–H and O–H groups in total. The van der Waals surface area contributed by atoms with Gasteiger partial charge < -0.3 is 5.32 Å². The summed E-state index contributed by atoms with van der Waals surface area (Å²) in [6.45, 7) is 0. The summed E-state index contributed by atoms with van der Waals surface area (Å²) in [6, 6.07) is 6.05. The van der Waals surface area contributed by atoms with E-state index in [1.807, 2.05) is 6.07 Å². The zero-order valence-corrected chi connectivity index (χ0v) is 11.5. The van der Waals surface area contributed by atoms with E-state index in [2.05, 4.69) is 26.6 Å². The minimum atomic E-state index is -0.695. The summed E-state index contributed by atoms with van der Waals surface area (Å²) in [7, 11) is 0. The largest absolute Gasteiger partial charge is 0.325 e. The van der Waals surface area contributed by atoms with Crippen LogP contribution in [-0.2, 0) is 4.79 Å². The van der Waals surface area contributed by atoms with Gasteiger partial charge in [-0.3, -0.25) is 10.1 Å². The van der Waals surface area contributed by atoms with Crippen LogP contribution in [0.3, 0.4) is 0 Å². The minimum Gasteiger partial charge on any atom is -0.306 e. The first-order valence-corrected chi connectivity index (χ1v) is 6.26. The number of halogens is 2. The number of nitrogens with one attached hydrogen (secondary N) is 2. The molecule has 94 valence electrons. The van der Waals surface area contributed by atoms with Crippen molar-refractivity contribution in [3.8, 4) is 6.07 Å². The lowest BCUT2D eigenvalue weighted by Crippen LogP contribution is -2.34. The van der Waals surface area contributed by atoms with Crippen molar-refractivity contribution in [1.82, 2.24) is 5.32 Å². The van der Waals surface area contributed by atoms with E-state index in [0.717, 1.165) is 0 Å². The Bertz CT molecular complexity index is 514. The maximum Gasteiger partial charge on any atom is 0.325 e. The summed E-state index contributed by atoms with van der Waals surface area (Å²) in [5, 5.41) is 13.4. The number of carbonyl (C=O) groups excluding carboxylic acids is 2. The van der Waals surface area contributed by atoms with Gasteiger partial charge in [-0.1, -0.05) is 15.9 Å². The summed E-state index contributed by atoms with van der Waals surface area (Å²) >= 11 is 8.59. The molecule has 0 fully saturated rings. The number of nitrogens with zero attached hydrogens (tertiary/aromatic N) is 1. The van der Waals surface area contributed by atoms with Gasteiger partial charge in [-0.05, 0) is 18.2 Å². The van der Waals surface area contributed by atoms with Crippen LogP contribution in [0.15, 0.2) is 22.7 Å². The van der Waals surface area contributed by atoms with Crippen molar-refractivity contribution in [3.05, 3.63) is 28.2 Å². The topological polar surface area (TPSA) is 82.0 Å². The molecule has 0 aliphatic rings. The van der Waals surface area contributed by atoms with Crippen molar-refractivity contribution >= 4 is 45.2 Å². The van der Waals surface area contributed by atoms with Crippen LogP contribution < -0.4 is 10.6 Å². The lowest BCUT2D eigenvalue weighted by atomic mass is 10.2. The average Bonchev–Trinajstić information content (AvgIpc) is 2.29. The fourth-order valence-corrected chi connectivity index (χ4v) is 1.68. The molecule has 0 aliphatic carbocycles. The van der Waals surface area contributed by atoms with Gasteiger partial charge in [-0.2, -0.15) is 5.26 Å². The van der Waals surface area contributed by atoms with E-state index in [0.29, 0.717) is 15.7 Å². The second-order valence-electron chi connectivity index (χ2n) is 3.24. The number of nitriles is 1. The van der Waals surface area contributed by atoms with Gasteiger partial charge in [-0.15, -0.1) is 11.6 Å². The number of rotatable bonds is 3. The molecule has 5 nitrogen and oxygen atoms in total. The Balaban J connectivity index is 2.73. The molecule has 0 atom stereocenters. The van der Waals surface area contributed by atoms with Gasteiger partial charge in [0.2, 0.25) is 5.91 Å². The molecule has 3 amide bonds. The van der Waals surface area contributed by atoms with Crippen LogP contribution in [0, 0.1) is 11.3 Å². The molecule has 18 heavy (non-hydrogen) atoms. The number of hydrogen-bond acceptors (Lipinski definition) is 3. The first-order valence-electron chi connectivity index (χ1n) is 4.93. The Hall–Kier alpha value is -1.58. The fourth-order valence-electron chi connectivity index (χ4n) is 1.15. The first kappa shape index (κ1) is 14.5. The third-order valence-corrected chi connectivity index (χ3v) is 2.61. The van der Waals surface area contributed by atoms with Gasteiger partial charge in [0.05, 0.1) is 11.3 Å². The summed E-state index contributed by atoms with van der Waals surface area (Å²) in [6.07, 6.45) is 0.0541. The summed E-state index contributed by atoms with van der Waals surface area (Å²) in [5.41, 5.74) is 0.626. The number of benzene rings is 1. The second-order valence-corrected chi connectivity index (χ2v) is 4.54. The smallest absolute Gasteiger partial charge is 0.306 e. The highest BCUT2D eigenvalue weighted by molar-refractivity contribution is 9.10. The quantitative estimate of drug-likeness (QED) is 0.836. The predicted octanol–water partition coefficient (Wildman–Crippen LogP) is 2.60. The zero-order valence-electron chi connectivity index (χ0n) is 9.17. The molecule has 1 aromatic rings. The number of amides is 3. The Morgan fingerprint density at radius 3 is 2.78 bits per heavy atom.